The number of halogens is 1. The summed E-state index contributed by atoms with van der Waals surface area (Å²) in [5.41, 5.74) is 1.65. The predicted molar refractivity (Wildman–Crippen MR) is 99.1 cm³/mol. The number of amides is 1. The van der Waals surface area contributed by atoms with E-state index in [1.807, 2.05) is 0 Å². The Bertz CT molecular complexity index is 1130. The number of rotatable bonds is 5. The van der Waals surface area contributed by atoms with Crippen LogP contribution in [0.3, 0.4) is 0 Å². The van der Waals surface area contributed by atoms with Crippen molar-refractivity contribution in [1.29, 1.82) is 0 Å². The Morgan fingerprint density at radius 3 is 2.69 bits per heavy atom. The molecule has 148 valence electrons. The van der Waals surface area contributed by atoms with Gasteiger partial charge in [-0.3, -0.25) is 9.59 Å². The Morgan fingerprint density at radius 1 is 1.21 bits per heavy atom. The van der Waals surface area contributed by atoms with E-state index >= 15 is 0 Å². The van der Waals surface area contributed by atoms with Crippen LogP contribution in [0.1, 0.15) is 22.8 Å². The second-order valence-electron chi connectivity index (χ2n) is 6.46. The third-order valence-corrected chi connectivity index (χ3v) is 4.32. The van der Waals surface area contributed by atoms with Crippen molar-refractivity contribution in [2.45, 2.75) is 20.4 Å². The first-order valence-electron chi connectivity index (χ1n) is 8.69. The molecule has 4 rings (SSSR count). The summed E-state index contributed by atoms with van der Waals surface area (Å²) in [7, 11) is 0. The van der Waals surface area contributed by atoms with Crippen LogP contribution >= 0.6 is 0 Å². The molecule has 10 heteroatoms. The number of carbonyl (C=O) groups is 2. The number of aryl methyl sites for hydroxylation is 1. The molecule has 3 aromatic rings. The number of carbonyl (C=O) groups excluding carboxylic acids is 2. The number of anilines is 1. The number of tetrazole rings is 1. The van der Waals surface area contributed by atoms with Crippen molar-refractivity contribution in [2.75, 3.05) is 12.1 Å². The minimum atomic E-state index is -0.453. The van der Waals surface area contributed by atoms with Gasteiger partial charge in [-0.25, -0.2) is 4.39 Å². The molecule has 2 aromatic carbocycles. The zero-order valence-corrected chi connectivity index (χ0v) is 15.6. The Hall–Kier alpha value is -3.82. The molecule has 1 aliphatic heterocycles. The van der Waals surface area contributed by atoms with Crippen LogP contribution in [-0.4, -0.2) is 38.7 Å². The molecule has 1 amide bonds. The van der Waals surface area contributed by atoms with E-state index in [9.17, 15) is 14.0 Å². The van der Waals surface area contributed by atoms with Gasteiger partial charge in [0.1, 0.15) is 12.4 Å². The van der Waals surface area contributed by atoms with Crippen LogP contribution in [0.25, 0.3) is 11.4 Å². The zero-order valence-electron chi connectivity index (χ0n) is 15.6. The van der Waals surface area contributed by atoms with Crippen LogP contribution in [0.4, 0.5) is 10.1 Å². The SMILES string of the molecule is CC(=O)c1cc2c(cc1NC(=O)Cn1nnc(-c3ccc(F)c(C)c3)n1)OCO2. The monoisotopic (exact) mass is 397 g/mol. The summed E-state index contributed by atoms with van der Waals surface area (Å²) >= 11 is 0. The maximum absolute atomic E-state index is 13.4. The molecule has 0 bridgehead atoms. The van der Waals surface area contributed by atoms with E-state index in [1.165, 1.54) is 25.1 Å². The largest absolute Gasteiger partial charge is 0.454 e. The first kappa shape index (κ1) is 18.5. The Kier molecular flexibility index (Phi) is 4.67. The summed E-state index contributed by atoms with van der Waals surface area (Å²) in [6, 6.07) is 7.53. The molecule has 0 saturated carbocycles. The minimum absolute atomic E-state index is 0.0542. The number of fused-ring (bicyclic) bond motifs is 1. The van der Waals surface area contributed by atoms with Crippen molar-refractivity contribution in [3.8, 4) is 22.9 Å². The molecule has 1 aromatic heterocycles. The van der Waals surface area contributed by atoms with E-state index in [4.69, 9.17) is 9.47 Å². The van der Waals surface area contributed by atoms with Gasteiger partial charge in [0.25, 0.3) is 0 Å². The molecule has 0 saturated heterocycles. The van der Waals surface area contributed by atoms with Gasteiger partial charge in [0.15, 0.2) is 17.3 Å². The van der Waals surface area contributed by atoms with Crippen LogP contribution in [0.5, 0.6) is 11.5 Å². The van der Waals surface area contributed by atoms with E-state index in [0.717, 1.165) is 4.80 Å². The molecule has 0 atom stereocenters. The minimum Gasteiger partial charge on any atom is -0.454 e. The number of aromatic nitrogens is 4. The highest BCUT2D eigenvalue weighted by Crippen LogP contribution is 2.37. The molecule has 1 aliphatic rings. The molecular formula is C19H16FN5O4. The summed E-state index contributed by atoms with van der Waals surface area (Å²) in [5.74, 6) is 0.152. The molecule has 2 heterocycles. The van der Waals surface area contributed by atoms with Crippen molar-refractivity contribution < 1.29 is 23.5 Å². The Morgan fingerprint density at radius 2 is 1.97 bits per heavy atom. The number of ether oxygens (including phenoxy) is 2. The van der Waals surface area contributed by atoms with Crippen LogP contribution < -0.4 is 14.8 Å². The molecule has 0 fully saturated rings. The van der Waals surface area contributed by atoms with Crippen molar-refractivity contribution in [2.24, 2.45) is 0 Å². The molecular weight excluding hydrogens is 381 g/mol. The first-order valence-corrected chi connectivity index (χ1v) is 8.69. The smallest absolute Gasteiger partial charge is 0.248 e. The zero-order chi connectivity index (χ0) is 20.5. The number of hydrogen-bond donors (Lipinski definition) is 1. The number of Topliss-reactive ketones (excluding diaryl/α,β-unsaturated/α-hetero) is 1. The highest BCUT2D eigenvalue weighted by atomic mass is 19.1. The second kappa shape index (κ2) is 7.30. The lowest BCUT2D eigenvalue weighted by Gasteiger charge is -2.10. The molecule has 0 unspecified atom stereocenters. The van der Waals surface area contributed by atoms with Gasteiger partial charge >= 0.3 is 0 Å². The average Bonchev–Trinajstić information content (AvgIpc) is 3.32. The fourth-order valence-electron chi connectivity index (χ4n) is 2.86. The van der Waals surface area contributed by atoms with Gasteiger partial charge in [-0.05, 0) is 48.9 Å². The van der Waals surface area contributed by atoms with Crippen molar-refractivity contribution >= 4 is 17.4 Å². The second-order valence-corrected chi connectivity index (χ2v) is 6.46. The quantitative estimate of drug-likeness (QED) is 0.659. The third-order valence-electron chi connectivity index (χ3n) is 4.32. The number of nitrogens with one attached hydrogen (secondary N) is 1. The summed E-state index contributed by atoms with van der Waals surface area (Å²) in [4.78, 5) is 25.4. The normalized spacial score (nSPS) is 12.1. The van der Waals surface area contributed by atoms with E-state index in [-0.39, 0.29) is 30.8 Å². The summed E-state index contributed by atoms with van der Waals surface area (Å²) in [6.07, 6.45) is 0. The standard InChI is InChI=1S/C19H16FN5O4/c1-10-5-12(3-4-14(10)20)19-22-24-25(23-19)8-18(27)21-15-7-17-16(28-9-29-17)6-13(15)11(2)26/h3-7H,8-9H2,1-2H3,(H,21,27). The Balaban J connectivity index is 1.50. The highest BCUT2D eigenvalue weighted by Gasteiger charge is 2.21. The van der Waals surface area contributed by atoms with Gasteiger partial charge in [-0.2, -0.15) is 4.80 Å². The van der Waals surface area contributed by atoms with Crippen molar-refractivity contribution in [1.82, 2.24) is 20.2 Å². The topological polar surface area (TPSA) is 108 Å². The fraction of sp³-hybridized carbons (Fsp3) is 0.211. The molecule has 1 N–H and O–H groups in total. The van der Waals surface area contributed by atoms with E-state index in [1.54, 1.807) is 19.1 Å². The van der Waals surface area contributed by atoms with Crippen LogP contribution in [0.2, 0.25) is 0 Å². The van der Waals surface area contributed by atoms with Gasteiger partial charge in [-0.15, -0.1) is 10.2 Å². The van der Waals surface area contributed by atoms with Gasteiger partial charge in [0.2, 0.25) is 18.5 Å². The van der Waals surface area contributed by atoms with Gasteiger partial charge in [-0.1, -0.05) is 0 Å². The first-order chi connectivity index (χ1) is 13.9. The maximum atomic E-state index is 13.4. The number of ketones is 1. The summed E-state index contributed by atoms with van der Waals surface area (Å²) in [5, 5.41) is 14.6. The lowest BCUT2D eigenvalue weighted by Crippen LogP contribution is -2.21. The highest BCUT2D eigenvalue weighted by molar-refractivity contribution is 6.04. The number of benzene rings is 2. The number of nitrogens with zero attached hydrogens (tertiary/aromatic N) is 4. The van der Waals surface area contributed by atoms with Crippen LogP contribution in [0, 0.1) is 12.7 Å². The molecule has 9 nitrogen and oxygen atoms in total. The van der Waals surface area contributed by atoms with Crippen LogP contribution in [0.15, 0.2) is 30.3 Å². The van der Waals surface area contributed by atoms with Gasteiger partial charge in [0, 0.05) is 17.2 Å². The van der Waals surface area contributed by atoms with Gasteiger partial charge in [0.05, 0.1) is 5.69 Å². The molecule has 0 spiro atoms. The fourth-order valence-corrected chi connectivity index (χ4v) is 2.86. The number of hydrogen-bond acceptors (Lipinski definition) is 7. The lowest BCUT2D eigenvalue weighted by atomic mass is 10.1. The lowest BCUT2D eigenvalue weighted by molar-refractivity contribution is -0.117. The van der Waals surface area contributed by atoms with Crippen LogP contribution in [-0.2, 0) is 11.3 Å². The van der Waals surface area contributed by atoms with E-state index < -0.39 is 5.91 Å². The predicted octanol–water partition coefficient (Wildman–Crippen LogP) is 2.36. The summed E-state index contributed by atoms with van der Waals surface area (Å²) < 4.78 is 24.0. The summed E-state index contributed by atoms with van der Waals surface area (Å²) in [6.45, 7) is 2.86. The molecule has 29 heavy (non-hydrogen) atoms. The molecule has 0 aliphatic carbocycles. The van der Waals surface area contributed by atoms with Crippen molar-refractivity contribution in [3.63, 3.8) is 0 Å². The Labute approximate surface area is 164 Å². The van der Waals surface area contributed by atoms with Gasteiger partial charge < -0.3 is 14.8 Å². The van der Waals surface area contributed by atoms with E-state index in [0.29, 0.717) is 33.9 Å². The molecule has 0 radical (unpaired) electrons. The van der Waals surface area contributed by atoms with E-state index in [2.05, 4.69) is 20.7 Å². The van der Waals surface area contributed by atoms with Crippen molar-refractivity contribution in [3.05, 3.63) is 47.3 Å². The maximum Gasteiger partial charge on any atom is 0.248 e. The average molecular weight is 397 g/mol. The third kappa shape index (κ3) is 3.77.